The molecule has 0 bridgehead atoms. The number of ketones is 2. The minimum atomic E-state index is -6.64. The summed E-state index contributed by atoms with van der Waals surface area (Å²) >= 11 is -10.3. The second kappa shape index (κ2) is 18.3. The van der Waals surface area contributed by atoms with Crippen molar-refractivity contribution in [3.8, 4) is 11.1 Å². The summed E-state index contributed by atoms with van der Waals surface area (Å²) in [4.78, 5) is 54.0. The number of allylic oxidation sites excluding steroid dienone is 4. The molecular formula is C48H34F6I2O12S2. The Morgan fingerprint density at radius 3 is 1.11 bits per heavy atom. The number of ether oxygens (including phenoxy) is 2. The van der Waals surface area contributed by atoms with Crippen LogP contribution in [0.3, 0.4) is 0 Å². The molecule has 2 heterocycles. The molecule has 0 saturated carbocycles. The molecule has 0 unspecified atom stereocenters. The number of alkyl halides is 6. The molecule has 4 aromatic carbocycles. The second-order valence-electron chi connectivity index (χ2n) is 15.9. The van der Waals surface area contributed by atoms with Crippen LogP contribution in [-0.2, 0) is 53.9 Å². The summed E-state index contributed by atoms with van der Waals surface area (Å²) in [6.45, 7) is 5.87. The van der Waals surface area contributed by atoms with Crippen LogP contribution in [0.5, 0.6) is 0 Å². The van der Waals surface area contributed by atoms with E-state index in [1.54, 1.807) is 12.1 Å². The normalized spacial score (nSPS) is 18.1. The average molecular weight is 1230 g/mol. The molecule has 366 valence electrons. The van der Waals surface area contributed by atoms with Crippen LogP contribution < -0.4 is 0 Å². The monoisotopic (exact) mass is 1230 g/mol. The first-order valence-electron chi connectivity index (χ1n) is 20.3. The SMILES string of the molecule is Cc1cc(C)c(-c2c(C)cc(C)cc2I(OS(=O)(=O)C(F)(F)F)C2=C(c3ccccc3)C3(C=CC(=O)C=C3)OC2=O)c(I(OS(=O)(=O)C(F)(F)F)C2=C(c3ccccc3)C3(C=CC(=O)C=C3)OC2=O)c1. The Hall–Kier alpha value is -5.54. The number of benzene rings is 4. The van der Waals surface area contributed by atoms with Crippen molar-refractivity contribution in [2.75, 3.05) is 0 Å². The zero-order chi connectivity index (χ0) is 50.9. The topological polar surface area (TPSA) is 173 Å². The zero-order valence-electron chi connectivity index (χ0n) is 36.4. The van der Waals surface area contributed by atoms with Crippen LogP contribution in [-0.4, -0.2) is 62.6 Å². The number of carbonyl (C=O) groups is 4. The minimum absolute atomic E-state index is 0.124. The molecule has 8 rings (SSSR count). The van der Waals surface area contributed by atoms with Gasteiger partial charge in [0.05, 0.1) is 0 Å². The first kappa shape index (κ1) is 50.8. The maximum absolute atomic E-state index is 14.7. The van der Waals surface area contributed by atoms with Gasteiger partial charge in [0.25, 0.3) is 0 Å². The van der Waals surface area contributed by atoms with Crippen LogP contribution in [0, 0.1) is 34.8 Å². The van der Waals surface area contributed by atoms with Crippen molar-refractivity contribution in [3.05, 3.63) is 181 Å². The second-order valence-corrected chi connectivity index (χ2v) is 28.4. The number of hydrogen-bond donors (Lipinski definition) is 0. The van der Waals surface area contributed by atoms with Crippen molar-refractivity contribution in [1.29, 1.82) is 0 Å². The van der Waals surface area contributed by atoms with E-state index in [2.05, 4.69) is 0 Å². The molecule has 22 heteroatoms. The summed E-state index contributed by atoms with van der Waals surface area (Å²) in [5.74, 6) is -3.75. The molecule has 4 aromatic rings. The molecule has 12 nitrogen and oxygen atoms in total. The van der Waals surface area contributed by atoms with Crippen molar-refractivity contribution in [2.45, 2.75) is 49.9 Å². The molecule has 0 saturated heterocycles. The standard InChI is InChI=1S/C48H34F6I2O12S2/c1-27-23-29(3)37(35(25-27)55(67-69(61,62)47(49,50)51)41-39(31-11-7-5-8-12-31)45(65-43(41)59)19-15-33(57)16-20-45)38-30(4)24-28(2)26-36(38)56(68-70(63,64)48(52,53)54)42-40(32-13-9-6-10-14-32)46(66-44(42)60)21-17-34(58)18-22-46/h5-26H,1-4H3. The van der Waals surface area contributed by atoms with Gasteiger partial charge in [-0.25, -0.2) is 0 Å². The fraction of sp³-hybridized carbons (Fsp3) is 0.167. The summed E-state index contributed by atoms with van der Waals surface area (Å²) in [6.07, 6.45) is 8.87. The van der Waals surface area contributed by atoms with Crippen LogP contribution in [0.15, 0.2) is 141 Å². The molecular weight excluding hydrogens is 1200 g/mol. The van der Waals surface area contributed by atoms with E-state index in [1.165, 1.54) is 125 Å². The van der Waals surface area contributed by atoms with Crippen LogP contribution in [0.1, 0.15) is 33.4 Å². The van der Waals surface area contributed by atoms with Crippen molar-refractivity contribution < 1.29 is 76.9 Å². The number of aryl methyl sites for hydroxylation is 4. The molecule has 2 spiro atoms. The average Bonchev–Trinajstić information content (AvgIpc) is 3.72. The number of carbonyl (C=O) groups excluding carboxylic acids is 4. The van der Waals surface area contributed by atoms with Crippen LogP contribution in [0.25, 0.3) is 22.3 Å². The Bertz CT molecular complexity index is 3100. The Morgan fingerprint density at radius 2 is 0.814 bits per heavy atom. The predicted octanol–water partition coefficient (Wildman–Crippen LogP) is 10.3. The third-order valence-electron chi connectivity index (χ3n) is 10.9. The number of esters is 2. The van der Waals surface area contributed by atoms with E-state index in [0.717, 1.165) is 24.3 Å². The molecule has 2 aliphatic carbocycles. The molecule has 2 aliphatic heterocycles. The fourth-order valence-corrected chi connectivity index (χ4v) is 23.7. The summed E-state index contributed by atoms with van der Waals surface area (Å²) in [5, 5.41) is 0. The van der Waals surface area contributed by atoms with Gasteiger partial charge in [-0.05, 0) is 0 Å². The van der Waals surface area contributed by atoms with Gasteiger partial charge in [-0.15, -0.1) is 0 Å². The summed E-state index contributed by atoms with van der Waals surface area (Å²) in [5.41, 5.74) is -15.8. The third kappa shape index (κ3) is 9.16. The molecule has 0 amide bonds. The Balaban J connectivity index is 1.52. The fourth-order valence-electron chi connectivity index (χ4n) is 8.09. The Labute approximate surface area is 411 Å². The van der Waals surface area contributed by atoms with E-state index in [4.69, 9.17) is 14.5 Å². The van der Waals surface area contributed by atoms with E-state index >= 15 is 0 Å². The van der Waals surface area contributed by atoms with Crippen LogP contribution >= 0.6 is 40.5 Å². The Morgan fingerprint density at radius 1 is 0.500 bits per heavy atom. The Kier molecular flexibility index (Phi) is 13.3. The van der Waals surface area contributed by atoms with E-state index in [1.807, 2.05) is 0 Å². The number of rotatable bonds is 11. The molecule has 0 N–H and O–H groups in total. The molecule has 0 aromatic heterocycles. The van der Waals surface area contributed by atoms with E-state index in [-0.39, 0.29) is 62.8 Å². The predicted molar refractivity (Wildman–Crippen MR) is 259 cm³/mol. The number of halogens is 8. The van der Waals surface area contributed by atoms with Crippen molar-refractivity contribution in [1.82, 2.24) is 0 Å². The van der Waals surface area contributed by atoms with E-state index in [9.17, 15) is 62.4 Å². The van der Waals surface area contributed by atoms with Gasteiger partial charge in [0.1, 0.15) is 0 Å². The number of hydrogen-bond acceptors (Lipinski definition) is 12. The molecule has 0 radical (unpaired) electrons. The van der Waals surface area contributed by atoms with E-state index in [0.29, 0.717) is 0 Å². The van der Waals surface area contributed by atoms with Gasteiger partial charge in [0.2, 0.25) is 0 Å². The first-order chi connectivity index (χ1) is 32.7. The van der Waals surface area contributed by atoms with Crippen molar-refractivity contribution >= 4 is 95.4 Å². The quantitative estimate of drug-likeness (QED) is 0.0603. The van der Waals surface area contributed by atoms with Crippen LogP contribution in [0.4, 0.5) is 26.3 Å². The van der Waals surface area contributed by atoms with Gasteiger partial charge in [0.15, 0.2) is 0 Å². The summed E-state index contributed by atoms with van der Waals surface area (Å²) < 4.78 is 162. The molecule has 0 fully saturated rings. The van der Waals surface area contributed by atoms with Gasteiger partial charge in [-0.2, -0.15) is 0 Å². The van der Waals surface area contributed by atoms with Gasteiger partial charge in [-0.1, -0.05) is 0 Å². The summed E-state index contributed by atoms with van der Waals surface area (Å²) in [6, 6.07) is 20.6. The summed E-state index contributed by atoms with van der Waals surface area (Å²) in [7, 11) is -13.3. The van der Waals surface area contributed by atoms with E-state index < -0.39 is 114 Å². The molecule has 70 heavy (non-hydrogen) atoms. The maximum atomic E-state index is 14.7. The zero-order valence-corrected chi connectivity index (χ0v) is 42.4. The van der Waals surface area contributed by atoms with Gasteiger partial charge >= 0.3 is 414 Å². The third-order valence-corrected chi connectivity index (χ3v) is 25.3. The van der Waals surface area contributed by atoms with Gasteiger partial charge < -0.3 is 0 Å². The van der Waals surface area contributed by atoms with Gasteiger partial charge in [-0.3, -0.25) is 0 Å². The molecule has 4 aliphatic rings. The van der Waals surface area contributed by atoms with Crippen molar-refractivity contribution in [2.24, 2.45) is 0 Å². The van der Waals surface area contributed by atoms with Crippen molar-refractivity contribution in [3.63, 3.8) is 0 Å². The first-order valence-corrected chi connectivity index (χ1v) is 29.2. The molecule has 0 atom stereocenters. The van der Waals surface area contributed by atoms with Gasteiger partial charge in [0, 0.05) is 0 Å². The van der Waals surface area contributed by atoms with Crippen LogP contribution in [0.2, 0.25) is 0 Å².